The van der Waals surface area contributed by atoms with Crippen molar-refractivity contribution in [3.8, 4) is 0 Å². The number of carbonyl (C=O) groups is 2. The van der Waals surface area contributed by atoms with Crippen LogP contribution < -0.4 is 5.32 Å². The number of carboxylic acids is 1. The van der Waals surface area contributed by atoms with Crippen LogP contribution in [0, 0.1) is 0 Å². The lowest BCUT2D eigenvalue weighted by atomic mass is 10.2. The van der Waals surface area contributed by atoms with Crippen molar-refractivity contribution in [2.45, 2.75) is 19.3 Å². The third kappa shape index (κ3) is 4.99. The Kier molecular flexibility index (Phi) is 5.52. The summed E-state index contributed by atoms with van der Waals surface area (Å²) in [5, 5.41) is 11.6. The molecule has 0 bridgehead atoms. The van der Waals surface area contributed by atoms with Crippen LogP contribution in [0.5, 0.6) is 0 Å². The minimum atomic E-state index is -0.977. The zero-order chi connectivity index (χ0) is 15.2. The second-order valence-corrected chi connectivity index (χ2v) is 7.04. The van der Waals surface area contributed by atoms with E-state index in [0.717, 1.165) is 16.6 Å². The molecule has 0 radical (unpaired) electrons. The molecule has 6 heteroatoms. The lowest BCUT2D eigenvalue weighted by Gasteiger charge is -2.05. The van der Waals surface area contributed by atoms with Crippen LogP contribution in [0.15, 0.2) is 40.2 Å². The summed E-state index contributed by atoms with van der Waals surface area (Å²) in [6, 6.07) is 10.2. The molecular weight excluding hydrogens is 354 g/mol. The van der Waals surface area contributed by atoms with Crippen molar-refractivity contribution in [1.82, 2.24) is 0 Å². The number of anilines is 1. The number of rotatable bonds is 6. The second-order valence-electron chi connectivity index (χ2n) is 4.49. The molecule has 1 aromatic carbocycles. The van der Waals surface area contributed by atoms with Crippen LogP contribution in [0.2, 0.25) is 0 Å². The van der Waals surface area contributed by atoms with Gasteiger partial charge in [0.25, 0.3) is 0 Å². The van der Waals surface area contributed by atoms with Gasteiger partial charge in [-0.05, 0) is 65.2 Å². The number of benzene rings is 1. The minimum Gasteiger partial charge on any atom is -0.478 e. The number of nitrogens with one attached hydrogen (secondary N) is 1. The Bertz CT molecular complexity index is 637. The van der Waals surface area contributed by atoms with Gasteiger partial charge in [0.05, 0.1) is 9.35 Å². The van der Waals surface area contributed by atoms with Crippen molar-refractivity contribution < 1.29 is 14.7 Å². The third-order valence-corrected chi connectivity index (χ3v) is 4.55. The molecule has 0 saturated heterocycles. The van der Waals surface area contributed by atoms with Gasteiger partial charge in [-0.3, -0.25) is 4.79 Å². The normalized spacial score (nSPS) is 10.3. The lowest BCUT2D eigenvalue weighted by Crippen LogP contribution is -2.11. The van der Waals surface area contributed by atoms with Crippen LogP contribution in [-0.4, -0.2) is 17.0 Å². The molecule has 2 N–H and O–H groups in total. The summed E-state index contributed by atoms with van der Waals surface area (Å²) in [5.74, 6) is -1.04. The summed E-state index contributed by atoms with van der Waals surface area (Å²) in [4.78, 5) is 23.8. The Morgan fingerprint density at radius 3 is 2.43 bits per heavy atom. The number of hydrogen-bond acceptors (Lipinski definition) is 3. The Labute approximate surface area is 134 Å². The minimum absolute atomic E-state index is 0.0614. The Balaban J connectivity index is 1.77. The molecule has 1 aromatic heterocycles. The van der Waals surface area contributed by atoms with Gasteiger partial charge in [0, 0.05) is 17.0 Å². The second kappa shape index (κ2) is 7.38. The van der Waals surface area contributed by atoms with Gasteiger partial charge in [0.1, 0.15) is 0 Å². The van der Waals surface area contributed by atoms with Gasteiger partial charge < -0.3 is 10.4 Å². The van der Waals surface area contributed by atoms with E-state index in [1.54, 1.807) is 23.5 Å². The number of thiophene rings is 1. The lowest BCUT2D eigenvalue weighted by molar-refractivity contribution is -0.116. The first-order valence-corrected chi connectivity index (χ1v) is 8.03. The van der Waals surface area contributed by atoms with Crippen LogP contribution >= 0.6 is 27.3 Å². The van der Waals surface area contributed by atoms with E-state index in [1.165, 1.54) is 17.0 Å². The molecule has 0 unspecified atom stereocenters. The maximum Gasteiger partial charge on any atom is 0.335 e. The Morgan fingerprint density at radius 1 is 1.14 bits per heavy atom. The van der Waals surface area contributed by atoms with Crippen molar-refractivity contribution in [2.24, 2.45) is 0 Å². The van der Waals surface area contributed by atoms with Gasteiger partial charge in [-0.25, -0.2) is 4.79 Å². The highest BCUT2D eigenvalue weighted by atomic mass is 79.9. The molecule has 0 fully saturated rings. The standard InChI is InChI=1S/C15H14BrNO3S/c16-13-9-8-12(21-13)2-1-3-14(18)17-11-6-4-10(5-7-11)15(19)20/h4-9H,1-3H2,(H,17,18)(H,19,20). The van der Waals surface area contributed by atoms with Crippen molar-refractivity contribution in [3.63, 3.8) is 0 Å². The summed E-state index contributed by atoms with van der Waals surface area (Å²) in [6.45, 7) is 0. The van der Waals surface area contributed by atoms with E-state index in [0.29, 0.717) is 12.1 Å². The largest absolute Gasteiger partial charge is 0.478 e. The smallest absolute Gasteiger partial charge is 0.335 e. The highest BCUT2D eigenvalue weighted by molar-refractivity contribution is 9.11. The molecule has 0 aliphatic heterocycles. The fourth-order valence-corrected chi connectivity index (χ4v) is 3.35. The molecule has 0 spiro atoms. The molecular formula is C15H14BrNO3S. The zero-order valence-corrected chi connectivity index (χ0v) is 13.5. The van der Waals surface area contributed by atoms with Gasteiger partial charge >= 0.3 is 5.97 Å². The predicted octanol–water partition coefficient (Wildman–Crippen LogP) is 4.17. The number of carbonyl (C=O) groups excluding carboxylic acids is 1. The number of amides is 1. The van der Waals surface area contributed by atoms with Gasteiger partial charge in [0.15, 0.2) is 0 Å². The van der Waals surface area contributed by atoms with Gasteiger partial charge in [-0.1, -0.05) is 0 Å². The maximum atomic E-state index is 11.8. The summed E-state index contributed by atoms with van der Waals surface area (Å²) in [7, 11) is 0. The van der Waals surface area contributed by atoms with Crippen molar-refractivity contribution >= 4 is 44.8 Å². The maximum absolute atomic E-state index is 11.8. The van der Waals surface area contributed by atoms with Gasteiger partial charge in [0.2, 0.25) is 5.91 Å². The van der Waals surface area contributed by atoms with Crippen LogP contribution in [0.4, 0.5) is 5.69 Å². The van der Waals surface area contributed by atoms with Gasteiger partial charge in [-0.2, -0.15) is 0 Å². The summed E-state index contributed by atoms with van der Waals surface area (Å²) < 4.78 is 1.10. The topological polar surface area (TPSA) is 66.4 Å². The van der Waals surface area contributed by atoms with Gasteiger partial charge in [-0.15, -0.1) is 11.3 Å². The first kappa shape index (κ1) is 15.7. The number of carboxylic acid groups (broad SMARTS) is 1. The van der Waals surface area contributed by atoms with E-state index in [4.69, 9.17) is 5.11 Å². The summed E-state index contributed by atoms with van der Waals surface area (Å²) in [5.41, 5.74) is 0.820. The van der Waals surface area contributed by atoms with Crippen molar-refractivity contribution in [2.75, 3.05) is 5.32 Å². The Hall–Kier alpha value is -1.66. The molecule has 1 amide bonds. The quantitative estimate of drug-likeness (QED) is 0.804. The summed E-state index contributed by atoms with van der Waals surface area (Å²) >= 11 is 5.09. The average molecular weight is 368 g/mol. The van der Waals surface area contributed by atoms with Crippen LogP contribution in [0.25, 0.3) is 0 Å². The number of halogens is 1. The fourth-order valence-electron chi connectivity index (χ4n) is 1.83. The Morgan fingerprint density at radius 2 is 1.86 bits per heavy atom. The predicted molar refractivity (Wildman–Crippen MR) is 87.0 cm³/mol. The van der Waals surface area contributed by atoms with E-state index in [1.807, 2.05) is 6.07 Å². The SMILES string of the molecule is O=C(CCCc1ccc(Br)s1)Nc1ccc(C(=O)O)cc1. The fraction of sp³-hybridized carbons (Fsp3) is 0.200. The highest BCUT2D eigenvalue weighted by Crippen LogP contribution is 2.23. The first-order chi connectivity index (χ1) is 10.0. The average Bonchev–Trinajstić information content (AvgIpc) is 2.85. The molecule has 21 heavy (non-hydrogen) atoms. The molecule has 1 heterocycles. The molecule has 2 aromatic rings. The monoisotopic (exact) mass is 367 g/mol. The van der Waals surface area contributed by atoms with Crippen LogP contribution in [0.3, 0.4) is 0 Å². The third-order valence-electron chi connectivity index (χ3n) is 2.87. The highest BCUT2D eigenvalue weighted by Gasteiger charge is 2.06. The molecule has 2 rings (SSSR count). The van der Waals surface area contributed by atoms with Crippen LogP contribution in [-0.2, 0) is 11.2 Å². The molecule has 4 nitrogen and oxygen atoms in total. The zero-order valence-electron chi connectivity index (χ0n) is 11.1. The number of aromatic carboxylic acids is 1. The van der Waals surface area contributed by atoms with Crippen LogP contribution in [0.1, 0.15) is 28.1 Å². The molecule has 0 aliphatic rings. The van der Waals surface area contributed by atoms with E-state index in [9.17, 15) is 9.59 Å². The number of aryl methyl sites for hydroxylation is 1. The van der Waals surface area contributed by atoms with Crippen molar-refractivity contribution in [3.05, 3.63) is 50.6 Å². The molecule has 110 valence electrons. The molecule has 0 atom stereocenters. The number of hydrogen-bond donors (Lipinski definition) is 2. The van der Waals surface area contributed by atoms with Crippen molar-refractivity contribution in [1.29, 1.82) is 0 Å². The van der Waals surface area contributed by atoms with E-state index >= 15 is 0 Å². The summed E-state index contributed by atoms with van der Waals surface area (Å²) in [6.07, 6.45) is 2.10. The van der Waals surface area contributed by atoms with E-state index in [-0.39, 0.29) is 11.5 Å². The van der Waals surface area contributed by atoms with E-state index < -0.39 is 5.97 Å². The first-order valence-electron chi connectivity index (χ1n) is 6.42. The molecule has 0 aliphatic carbocycles. The molecule has 0 saturated carbocycles. The van der Waals surface area contributed by atoms with E-state index in [2.05, 4.69) is 27.3 Å².